The number of hydrogen-bond donors (Lipinski definition) is 0. The quantitative estimate of drug-likeness (QED) is 0.498. The van der Waals surface area contributed by atoms with E-state index in [4.69, 9.17) is 0 Å². The first-order valence-corrected chi connectivity index (χ1v) is 4.84. The summed E-state index contributed by atoms with van der Waals surface area (Å²) in [5.41, 5.74) is 0. The summed E-state index contributed by atoms with van der Waals surface area (Å²) in [7, 11) is 0. The summed E-state index contributed by atoms with van der Waals surface area (Å²) in [4.78, 5) is 46.2. The fourth-order valence-corrected chi connectivity index (χ4v) is 1.27. The van der Waals surface area contributed by atoms with Gasteiger partial charge in [-0.15, -0.1) is 0 Å². The standard InChI is InChI=1S/C10H16N2O4.Na.H/c1-7(13)11(8(2)14)5-6-12(9(3)15)10(4)16;;/h5-6H2,1-4H3;;/q;+1;-1. The summed E-state index contributed by atoms with van der Waals surface area (Å²) in [5, 5.41) is 0. The molecule has 0 spiro atoms. The van der Waals surface area contributed by atoms with E-state index < -0.39 is 23.6 Å². The Morgan fingerprint density at radius 2 is 0.882 bits per heavy atom. The maximum absolute atomic E-state index is 11.1. The Balaban J connectivity index is -0.00000112. The van der Waals surface area contributed by atoms with Crippen molar-refractivity contribution in [3.8, 4) is 0 Å². The van der Waals surface area contributed by atoms with E-state index >= 15 is 0 Å². The summed E-state index contributed by atoms with van der Waals surface area (Å²) in [5.74, 6) is -1.61. The Morgan fingerprint density at radius 3 is 1.00 bits per heavy atom. The fourth-order valence-electron chi connectivity index (χ4n) is 1.27. The van der Waals surface area contributed by atoms with Crippen molar-refractivity contribution in [1.29, 1.82) is 0 Å². The fraction of sp³-hybridized carbons (Fsp3) is 0.600. The molecule has 0 N–H and O–H groups in total. The maximum atomic E-state index is 11.1. The van der Waals surface area contributed by atoms with Gasteiger partial charge in [0.05, 0.1) is 0 Å². The molecule has 7 heteroatoms. The summed E-state index contributed by atoms with van der Waals surface area (Å²) >= 11 is 0. The Labute approximate surface area is 124 Å². The molecule has 0 rings (SSSR count). The number of rotatable bonds is 3. The van der Waals surface area contributed by atoms with E-state index in [-0.39, 0.29) is 44.1 Å². The molecule has 0 saturated carbocycles. The van der Waals surface area contributed by atoms with Crippen LogP contribution in [0.3, 0.4) is 0 Å². The van der Waals surface area contributed by atoms with Crippen molar-refractivity contribution in [3.63, 3.8) is 0 Å². The predicted molar refractivity (Wildman–Crippen MR) is 57.2 cm³/mol. The van der Waals surface area contributed by atoms with Crippen LogP contribution in [0.1, 0.15) is 29.1 Å². The minimum absolute atomic E-state index is 0. The van der Waals surface area contributed by atoms with Gasteiger partial charge in [0, 0.05) is 40.8 Å². The molecule has 4 amide bonds. The molecule has 0 heterocycles. The molecule has 0 aliphatic rings. The van der Waals surface area contributed by atoms with Crippen molar-refractivity contribution in [2.75, 3.05) is 13.1 Å². The van der Waals surface area contributed by atoms with Gasteiger partial charge in [-0.2, -0.15) is 0 Å². The first kappa shape index (κ1) is 18.6. The Morgan fingerprint density at radius 1 is 0.706 bits per heavy atom. The van der Waals surface area contributed by atoms with Crippen LogP contribution in [0.4, 0.5) is 0 Å². The van der Waals surface area contributed by atoms with E-state index in [0.29, 0.717) is 0 Å². The zero-order chi connectivity index (χ0) is 12.9. The van der Waals surface area contributed by atoms with Gasteiger partial charge in [0.2, 0.25) is 23.6 Å². The number of amides is 4. The van der Waals surface area contributed by atoms with Gasteiger partial charge in [0.1, 0.15) is 0 Å². The van der Waals surface area contributed by atoms with Gasteiger partial charge in [0.25, 0.3) is 0 Å². The number of nitrogens with zero attached hydrogens (tertiary/aromatic N) is 2. The average Bonchev–Trinajstić information content (AvgIpc) is 2.09. The molecular weight excluding hydrogens is 235 g/mol. The smallest absolute Gasteiger partial charge is 1.00 e. The van der Waals surface area contributed by atoms with Crippen LogP contribution in [0.15, 0.2) is 0 Å². The predicted octanol–water partition coefficient (Wildman–Crippen LogP) is -3.11. The maximum Gasteiger partial charge on any atom is 1.00 e. The number of hydrogen-bond acceptors (Lipinski definition) is 4. The molecule has 0 aromatic carbocycles. The van der Waals surface area contributed by atoms with Gasteiger partial charge < -0.3 is 1.43 Å². The molecule has 0 aromatic heterocycles. The zero-order valence-corrected chi connectivity index (χ0v) is 12.9. The van der Waals surface area contributed by atoms with Crippen LogP contribution in [0.25, 0.3) is 0 Å². The van der Waals surface area contributed by atoms with Gasteiger partial charge >= 0.3 is 29.6 Å². The van der Waals surface area contributed by atoms with Crippen molar-refractivity contribution in [1.82, 2.24) is 9.80 Å². The zero-order valence-electron chi connectivity index (χ0n) is 11.9. The molecule has 0 bridgehead atoms. The van der Waals surface area contributed by atoms with Crippen molar-refractivity contribution in [2.45, 2.75) is 27.7 Å². The van der Waals surface area contributed by atoms with Crippen LogP contribution >= 0.6 is 0 Å². The third kappa shape index (κ3) is 6.55. The van der Waals surface area contributed by atoms with E-state index in [0.717, 1.165) is 9.80 Å². The van der Waals surface area contributed by atoms with E-state index in [9.17, 15) is 19.2 Å². The van der Waals surface area contributed by atoms with Crippen LogP contribution in [0.2, 0.25) is 0 Å². The van der Waals surface area contributed by atoms with Crippen molar-refractivity contribution >= 4 is 23.6 Å². The first-order valence-electron chi connectivity index (χ1n) is 4.84. The topological polar surface area (TPSA) is 74.8 Å². The number of carbonyl (C=O) groups excluding carboxylic acids is 4. The van der Waals surface area contributed by atoms with Crippen LogP contribution in [0.5, 0.6) is 0 Å². The number of carbonyl (C=O) groups is 4. The van der Waals surface area contributed by atoms with Crippen LogP contribution in [0, 0.1) is 0 Å². The molecule has 17 heavy (non-hydrogen) atoms. The number of imide groups is 2. The summed E-state index contributed by atoms with van der Waals surface area (Å²) in [6, 6.07) is 0. The molecule has 0 unspecified atom stereocenters. The van der Waals surface area contributed by atoms with Crippen LogP contribution in [-0.2, 0) is 19.2 Å². The summed E-state index contributed by atoms with van der Waals surface area (Å²) in [6.45, 7) is 5.09. The molecule has 6 nitrogen and oxygen atoms in total. The minimum atomic E-state index is -0.403. The largest absolute Gasteiger partial charge is 1.00 e. The van der Waals surface area contributed by atoms with Crippen LogP contribution in [-0.4, -0.2) is 46.5 Å². The van der Waals surface area contributed by atoms with Gasteiger partial charge in [-0.25, -0.2) is 0 Å². The molecule has 0 saturated heterocycles. The Hall–Kier alpha value is -0.720. The van der Waals surface area contributed by atoms with Crippen molar-refractivity contribution in [3.05, 3.63) is 0 Å². The second-order valence-corrected chi connectivity index (χ2v) is 3.38. The van der Waals surface area contributed by atoms with Crippen molar-refractivity contribution in [2.24, 2.45) is 0 Å². The van der Waals surface area contributed by atoms with E-state index in [1.165, 1.54) is 27.7 Å². The summed E-state index contributed by atoms with van der Waals surface area (Å²) in [6.07, 6.45) is 0. The Kier molecular flexibility index (Phi) is 9.19. The van der Waals surface area contributed by atoms with E-state index in [1.54, 1.807) is 0 Å². The second kappa shape index (κ2) is 8.38. The molecule has 0 aromatic rings. The van der Waals surface area contributed by atoms with E-state index in [2.05, 4.69) is 0 Å². The monoisotopic (exact) mass is 252 g/mol. The third-order valence-corrected chi connectivity index (χ3v) is 2.07. The minimum Gasteiger partial charge on any atom is -1.00 e. The second-order valence-electron chi connectivity index (χ2n) is 3.38. The molecule has 92 valence electrons. The van der Waals surface area contributed by atoms with Gasteiger partial charge in [-0.05, 0) is 0 Å². The molecule has 0 aliphatic heterocycles. The Bertz CT molecular complexity index is 276. The molecule has 0 atom stereocenters. The first-order chi connectivity index (χ1) is 7.27. The third-order valence-electron chi connectivity index (χ3n) is 2.07. The SMILES string of the molecule is CC(=O)N(CCN(C(C)=O)C(C)=O)C(C)=O.[H-].[Na+]. The molecule has 0 fully saturated rings. The van der Waals surface area contributed by atoms with Gasteiger partial charge in [0.15, 0.2) is 0 Å². The van der Waals surface area contributed by atoms with Gasteiger partial charge in [-0.3, -0.25) is 29.0 Å². The normalized spacial score (nSPS) is 8.94. The van der Waals surface area contributed by atoms with Gasteiger partial charge in [-0.1, -0.05) is 0 Å². The van der Waals surface area contributed by atoms with Crippen LogP contribution < -0.4 is 29.6 Å². The molecule has 0 aliphatic carbocycles. The van der Waals surface area contributed by atoms with Crippen molar-refractivity contribution < 1.29 is 50.2 Å². The summed E-state index contributed by atoms with van der Waals surface area (Å²) < 4.78 is 0. The van der Waals surface area contributed by atoms with E-state index in [1.807, 2.05) is 0 Å². The molecule has 0 radical (unpaired) electrons. The molecular formula is C10H17N2NaO4. The average molecular weight is 252 g/mol.